The first-order valence-corrected chi connectivity index (χ1v) is 6.38. The number of hydrogen-bond acceptors (Lipinski definition) is 2. The molecule has 1 atom stereocenters. The quantitative estimate of drug-likeness (QED) is 0.617. The Hall–Kier alpha value is -0.670. The number of aliphatic hydroxyl groups excluding tert-OH is 1. The van der Waals surface area contributed by atoms with Gasteiger partial charge in [-0.25, -0.2) is 0 Å². The van der Waals surface area contributed by atoms with Crippen LogP contribution in [0.5, 0.6) is 0 Å². The van der Waals surface area contributed by atoms with Crippen LogP contribution in [0, 0.1) is 0 Å². The predicted molar refractivity (Wildman–Crippen MR) is 68.4 cm³/mol. The van der Waals surface area contributed by atoms with E-state index in [1.165, 1.54) is 0 Å². The Bertz CT molecular complexity index is 308. The zero-order valence-electron chi connectivity index (χ0n) is 9.23. The third kappa shape index (κ3) is 5.42. The highest BCUT2D eigenvalue weighted by molar-refractivity contribution is 9.10. The monoisotopic (exact) mass is 284 g/mol. The van der Waals surface area contributed by atoms with Crippen LogP contribution < -0.4 is 0 Å². The fraction of sp³-hybridized carbons (Fsp3) is 0.462. The molecule has 0 amide bonds. The highest BCUT2D eigenvalue weighted by atomic mass is 79.9. The normalized spacial score (nSPS) is 12.4. The average Bonchev–Trinajstić information content (AvgIpc) is 2.28. The maximum atomic E-state index is 10.1. The summed E-state index contributed by atoms with van der Waals surface area (Å²) in [5, 5.41) is 9.77. The molecule has 0 spiro atoms. The standard InChI is InChI=1S/C13H17BrO2/c14-12-7-5-11(6-8-12)10-13(16)4-2-1-3-9-15/h5-9,13,16H,1-4,10H2. The number of halogens is 1. The van der Waals surface area contributed by atoms with Gasteiger partial charge in [0.1, 0.15) is 6.29 Å². The molecule has 0 aromatic heterocycles. The van der Waals surface area contributed by atoms with Gasteiger partial charge in [0.25, 0.3) is 0 Å². The lowest BCUT2D eigenvalue weighted by atomic mass is 10.0. The number of carbonyl (C=O) groups is 1. The fourth-order valence-electron chi connectivity index (χ4n) is 1.60. The first-order chi connectivity index (χ1) is 7.72. The summed E-state index contributed by atoms with van der Waals surface area (Å²) in [6, 6.07) is 7.99. The van der Waals surface area contributed by atoms with Gasteiger partial charge in [-0.15, -0.1) is 0 Å². The summed E-state index contributed by atoms with van der Waals surface area (Å²) in [5.41, 5.74) is 1.14. The molecule has 0 heterocycles. The molecule has 0 saturated heterocycles. The minimum atomic E-state index is -0.298. The Morgan fingerprint density at radius 3 is 2.56 bits per heavy atom. The van der Waals surface area contributed by atoms with E-state index in [-0.39, 0.29) is 6.10 Å². The lowest BCUT2D eigenvalue weighted by Gasteiger charge is -2.10. The summed E-state index contributed by atoms with van der Waals surface area (Å²) in [6.45, 7) is 0. The van der Waals surface area contributed by atoms with E-state index in [1.54, 1.807) is 0 Å². The van der Waals surface area contributed by atoms with Gasteiger partial charge in [-0.2, -0.15) is 0 Å². The van der Waals surface area contributed by atoms with Crippen LogP contribution in [0.25, 0.3) is 0 Å². The molecular weight excluding hydrogens is 268 g/mol. The zero-order valence-corrected chi connectivity index (χ0v) is 10.8. The Kier molecular flexibility index (Phi) is 6.34. The predicted octanol–water partition coefficient (Wildman–Crippen LogP) is 3.11. The summed E-state index contributed by atoms with van der Waals surface area (Å²) in [7, 11) is 0. The molecule has 88 valence electrons. The highest BCUT2D eigenvalue weighted by Crippen LogP contribution is 2.13. The van der Waals surface area contributed by atoms with Crippen LogP contribution in [-0.4, -0.2) is 17.5 Å². The average molecular weight is 285 g/mol. The van der Waals surface area contributed by atoms with E-state index in [0.29, 0.717) is 12.8 Å². The van der Waals surface area contributed by atoms with Gasteiger partial charge in [0.15, 0.2) is 0 Å². The van der Waals surface area contributed by atoms with Gasteiger partial charge in [-0.3, -0.25) is 0 Å². The minimum absolute atomic E-state index is 0.298. The number of benzene rings is 1. The van der Waals surface area contributed by atoms with E-state index in [0.717, 1.165) is 35.6 Å². The second-order valence-electron chi connectivity index (χ2n) is 3.94. The van der Waals surface area contributed by atoms with Crippen molar-refractivity contribution in [3.8, 4) is 0 Å². The van der Waals surface area contributed by atoms with Crippen LogP contribution >= 0.6 is 15.9 Å². The van der Waals surface area contributed by atoms with Gasteiger partial charge in [0.2, 0.25) is 0 Å². The zero-order chi connectivity index (χ0) is 11.8. The van der Waals surface area contributed by atoms with Crippen LogP contribution in [-0.2, 0) is 11.2 Å². The molecule has 1 aromatic rings. The molecule has 0 bridgehead atoms. The summed E-state index contributed by atoms with van der Waals surface area (Å²) in [5.74, 6) is 0. The second-order valence-corrected chi connectivity index (χ2v) is 4.85. The molecule has 0 fully saturated rings. The number of unbranched alkanes of at least 4 members (excludes halogenated alkanes) is 2. The van der Waals surface area contributed by atoms with Gasteiger partial charge in [0, 0.05) is 10.9 Å². The minimum Gasteiger partial charge on any atom is -0.393 e. The van der Waals surface area contributed by atoms with Crippen molar-refractivity contribution in [3.05, 3.63) is 34.3 Å². The van der Waals surface area contributed by atoms with Crippen molar-refractivity contribution in [1.82, 2.24) is 0 Å². The van der Waals surface area contributed by atoms with Crippen molar-refractivity contribution in [1.29, 1.82) is 0 Å². The molecule has 3 heteroatoms. The maximum absolute atomic E-state index is 10.1. The second kappa shape index (κ2) is 7.58. The molecule has 0 saturated carbocycles. The molecule has 16 heavy (non-hydrogen) atoms. The number of rotatable bonds is 7. The smallest absolute Gasteiger partial charge is 0.119 e. The van der Waals surface area contributed by atoms with Crippen molar-refractivity contribution in [2.45, 2.75) is 38.2 Å². The van der Waals surface area contributed by atoms with Crippen LogP contribution in [0.1, 0.15) is 31.2 Å². The van der Waals surface area contributed by atoms with E-state index in [9.17, 15) is 9.90 Å². The van der Waals surface area contributed by atoms with Crippen LogP contribution in [0.2, 0.25) is 0 Å². The third-order valence-corrected chi connectivity index (χ3v) is 3.02. The highest BCUT2D eigenvalue weighted by Gasteiger charge is 2.05. The Morgan fingerprint density at radius 1 is 1.25 bits per heavy atom. The van der Waals surface area contributed by atoms with E-state index >= 15 is 0 Å². The molecule has 0 aliphatic heterocycles. The number of aliphatic hydroxyl groups is 1. The lowest BCUT2D eigenvalue weighted by Crippen LogP contribution is -2.10. The van der Waals surface area contributed by atoms with Gasteiger partial charge in [0.05, 0.1) is 6.10 Å². The van der Waals surface area contributed by atoms with Crippen molar-refractivity contribution < 1.29 is 9.90 Å². The van der Waals surface area contributed by atoms with Crippen molar-refractivity contribution >= 4 is 22.2 Å². The topological polar surface area (TPSA) is 37.3 Å². The van der Waals surface area contributed by atoms with E-state index in [1.807, 2.05) is 24.3 Å². The molecule has 0 aliphatic rings. The first kappa shape index (κ1) is 13.4. The van der Waals surface area contributed by atoms with Crippen LogP contribution in [0.3, 0.4) is 0 Å². The van der Waals surface area contributed by atoms with E-state index in [2.05, 4.69) is 15.9 Å². The Labute approximate surface area is 105 Å². The fourth-order valence-corrected chi connectivity index (χ4v) is 1.87. The van der Waals surface area contributed by atoms with Crippen molar-refractivity contribution in [2.75, 3.05) is 0 Å². The SMILES string of the molecule is O=CCCCCC(O)Cc1ccc(Br)cc1. The molecule has 1 aromatic carbocycles. The summed E-state index contributed by atoms with van der Waals surface area (Å²) >= 11 is 3.38. The van der Waals surface area contributed by atoms with Gasteiger partial charge in [-0.05, 0) is 37.0 Å². The number of hydrogen-bond donors (Lipinski definition) is 1. The summed E-state index contributed by atoms with van der Waals surface area (Å²) in [6.07, 6.45) is 4.48. The van der Waals surface area contributed by atoms with Gasteiger partial charge >= 0.3 is 0 Å². The van der Waals surface area contributed by atoms with Crippen molar-refractivity contribution in [2.24, 2.45) is 0 Å². The number of carbonyl (C=O) groups excluding carboxylic acids is 1. The molecule has 0 radical (unpaired) electrons. The van der Waals surface area contributed by atoms with E-state index < -0.39 is 0 Å². The molecule has 2 nitrogen and oxygen atoms in total. The molecular formula is C13H17BrO2. The third-order valence-electron chi connectivity index (χ3n) is 2.49. The van der Waals surface area contributed by atoms with E-state index in [4.69, 9.17) is 0 Å². The first-order valence-electron chi connectivity index (χ1n) is 5.58. The van der Waals surface area contributed by atoms with Crippen molar-refractivity contribution in [3.63, 3.8) is 0 Å². The van der Waals surface area contributed by atoms with Crippen LogP contribution in [0.15, 0.2) is 28.7 Å². The summed E-state index contributed by atoms with van der Waals surface area (Å²) in [4.78, 5) is 10.1. The van der Waals surface area contributed by atoms with Crippen LogP contribution in [0.4, 0.5) is 0 Å². The molecule has 1 rings (SSSR count). The molecule has 0 aliphatic carbocycles. The molecule has 1 N–H and O–H groups in total. The lowest BCUT2D eigenvalue weighted by molar-refractivity contribution is -0.107. The Morgan fingerprint density at radius 2 is 1.94 bits per heavy atom. The largest absolute Gasteiger partial charge is 0.393 e. The maximum Gasteiger partial charge on any atom is 0.119 e. The Balaban J connectivity index is 2.25. The number of aldehydes is 1. The summed E-state index contributed by atoms with van der Waals surface area (Å²) < 4.78 is 1.05. The van der Waals surface area contributed by atoms with Gasteiger partial charge in [-0.1, -0.05) is 34.5 Å². The van der Waals surface area contributed by atoms with Gasteiger partial charge < -0.3 is 9.90 Å². The molecule has 1 unspecified atom stereocenters.